The molecule has 208 valence electrons. The zero-order chi connectivity index (χ0) is 24.8. The van der Waals surface area contributed by atoms with Crippen molar-refractivity contribution in [2.75, 3.05) is 13.2 Å². The van der Waals surface area contributed by atoms with Crippen LogP contribution in [0.2, 0.25) is 0 Å². The van der Waals surface area contributed by atoms with Gasteiger partial charge in [-0.3, -0.25) is 0 Å². The van der Waals surface area contributed by atoms with Crippen molar-refractivity contribution >= 4 is 0 Å². The van der Waals surface area contributed by atoms with E-state index in [2.05, 4.69) is 13.8 Å². The summed E-state index contributed by atoms with van der Waals surface area (Å²) in [6.07, 6.45) is 34.1. The first-order chi connectivity index (χ1) is 17.3. The van der Waals surface area contributed by atoms with Gasteiger partial charge in [0.05, 0.1) is 24.4 Å². The van der Waals surface area contributed by atoms with Crippen molar-refractivity contribution < 1.29 is 14.2 Å². The van der Waals surface area contributed by atoms with Gasteiger partial charge in [-0.2, -0.15) is 0 Å². The number of rotatable bonds is 26. The monoisotopic (exact) mass is 494 g/mol. The topological polar surface area (TPSA) is 27.7 Å². The summed E-state index contributed by atoms with van der Waals surface area (Å²) in [7, 11) is 0. The maximum Gasteiger partial charge on any atom is 0.0597 e. The van der Waals surface area contributed by atoms with Crippen LogP contribution in [-0.4, -0.2) is 37.6 Å². The highest BCUT2D eigenvalue weighted by Crippen LogP contribution is 2.24. The van der Waals surface area contributed by atoms with Gasteiger partial charge in [0, 0.05) is 13.2 Å². The van der Waals surface area contributed by atoms with Crippen LogP contribution in [-0.2, 0) is 14.2 Å². The molecular formula is C32H62O3. The number of hydrogen-bond donors (Lipinski definition) is 0. The van der Waals surface area contributed by atoms with Crippen molar-refractivity contribution in [2.45, 2.75) is 192 Å². The Balaban J connectivity index is 1.67. The Hall–Kier alpha value is -0.120. The third-order valence-corrected chi connectivity index (χ3v) is 8.34. The molecule has 0 N–H and O–H groups in total. The molecule has 3 nitrogen and oxygen atoms in total. The highest BCUT2D eigenvalue weighted by atomic mass is 16.5. The van der Waals surface area contributed by atoms with Crippen LogP contribution < -0.4 is 0 Å². The minimum Gasteiger partial charge on any atom is -0.378 e. The van der Waals surface area contributed by atoms with E-state index in [-0.39, 0.29) is 0 Å². The Bertz CT molecular complexity index is 406. The smallest absolute Gasteiger partial charge is 0.0597 e. The minimum atomic E-state index is 0.494. The van der Waals surface area contributed by atoms with Crippen molar-refractivity contribution in [3.8, 4) is 0 Å². The summed E-state index contributed by atoms with van der Waals surface area (Å²) in [6, 6.07) is 0. The molecule has 2 aliphatic heterocycles. The summed E-state index contributed by atoms with van der Waals surface area (Å²) >= 11 is 0. The van der Waals surface area contributed by atoms with Crippen LogP contribution in [0.5, 0.6) is 0 Å². The Morgan fingerprint density at radius 2 is 0.857 bits per heavy atom. The molecule has 0 amide bonds. The van der Waals surface area contributed by atoms with E-state index in [4.69, 9.17) is 14.2 Å². The van der Waals surface area contributed by atoms with Gasteiger partial charge in [0.25, 0.3) is 0 Å². The van der Waals surface area contributed by atoms with Crippen LogP contribution in [0.1, 0.15) is 168 Å². The highest BCUT2D eigenvalue weighted by molar-refractivity contribution is 4.69. The molecule has 2 aliphatic rings. The van der Waals surface area contributed by atoms with E-state index in [1.165, 1.54) is 154 Å². The number of unbranched alkanes of at least 4 members (excludes halogenated alkanes) is 12. The largest absolute Gasteiger partial charge is 0.378 e. The summed E-state index contributed by atoms with van der Waals surface area (Å²) in [5, 5.41) is 0. The standard InChI is InChI=1S/C32H62O3/c1-3-5-7-13-21-31(23-17-11-9-15-19-29-25-27-33-29)35-32(22-14-8-6-4-2)24-18-12-10-16-20-30-26-28-34-30/h29-32H,3-28H2,1-2H3. The van der Waals surface area contributed by atoms with E-state index in [0.717, 1.165) is 13.2 Å². The highest BCUT2D eigenvalue weighted by Gasteiger charge is 2.19. The lowest BCUT2D eigenvalue weighted by molar-refractivity contribution is -0.0557. The lowest BCUT2D eigenvalue weighted by Gasteiger charge is -2.27. The summed E-state index contributed by atoms with van der Waals surface area (Å²) < 4.78 is 18.1. The van der Waals surface area contributed by atoms with Crippen LogP contribution in [0.3, 0.4) is 0 Å². The van der Waals surface area contributed by atoms with Gasteiger partial charge >= 0.3 is 0 Å². The maximum absolute atomic E-state index is 6.91. The number of hydrogen-bond acceptors (Lipinski definition) is 3. The molecule has 35 heavy (non-hydrogen) atoms. The Kier molecular flexibility index (Phi) is 19.5. The quantitative estimate of drug-likeness (QED) is 0.112. The summed E-state index contributed by atoms with van der Waals surface area (Å²) in [6.45, 7) is 6.62. The molecule has 0 aromatic carbocycles. The molecular weight excluding hydrogens is 432 g/mol. The second-order valence-corrected chi connectivity index (χ2v) is 11.6. The Labute approximate surface area is 219 Å². The van der Waals surface area contributed by atoms with Crippen LogP contribution in [0.15, 0.2) is 0 Å². The normalized spacial score (nSPS) is 21.4. The third-order valence-electron chi connectivity index (χ3n) is 8.34. The van der Waals surface area contributed by atoms with E-state index >= 15 is 0 Å². The van der Waals surface area contributed by atoms with E-state index in [1.807, 2.05) is 0 Å². The van der Waals surface area contributed by atoms with Crippen molar-refractivity contribution in [3.63, 3.8) is 0 Å². The van der Waals surface area contributed by atoms with Gasteiger partial charge in [-0.1, -0.05) is 117 Å². The molecule has 0 aromatic rings. The van der Waals surface area contributed by atoms with Gasteiger partial charge in [-0.05, 0) is 51.4 Å². The molecule has 2 heterocycles. The van der Waals surface area contributed by atoms with Gasteiger partial charge in [0.2, 0.25) is 0 Å². The molecule has 2 fully saturated rings. The van der Waals surface area contributed by atoms with Gasteiger partial charge < -0.3 is 14.2 Å². The fourth-order valence-electron chi connectivity index (χ4n) is 5.65. The summed E-state index contributed by atoms with van der Waals surface area (Å²) in [4.78, 5) is 0. The van der Waals surface area contributed by atoms with Gasteiger partial charge in [-0.15, -0.1) is 0 Å². The second kappa shape index (κ2) is 21.9. The molecule has 0 aromatic heterocycles. The SMILES string of the molecule is CCCCCCC(CCCCCCC1CCO1)OC(CCCCCC)CCCCCCC1CCO1. The van der Waals surface area contributed by atoms with Gasteiger partial charge in [0.15, 0.2) is 0 Å². The van der Waals surface area contributed by atoms with E-state index < -0.39 is 0 Å². The zero-order valence-corrected chi connectivity index (χ0v) is 23.9. The van der Waals surface area contributed by atoms with E-state index in [0.29, 0.717) is 24.4 Å². The van der Waals surface area contributed by atoms with Crippen molar-refractivity contribution in [1.82, 2.24) is 0 Å². The predicted octanol–water partition coefficient (Wildman–Crippen LogP) is 9.94. The van der Waals surface area contributed by atoms with E-state index in [9.17, 15) is 0 Å². The fourth-order valence-corrected chi connectivity index (χ4v) is 5.65. The first-order valence-corrected chi connectivity index (χ1v) is 16.2. The lowest BCUT2D eigenvalue weighted by Crippen LogP contribution is -2.26. The van der Waals surface area contributed by atoms with Gasteiger partial charge in [-0.25, -0.2) is 0 Å². The Morgan fingerprint density at radius 1 is 0.514 bits per heavy atom. The first kappa shape index (κ1) is 31.1. The first-order valence-electron chi connectivity index (χ1n) is 16.2. The molecule has 0 saturated carbocycles. The fraction of sp³-hybridized carbons (Fsp3) is 1.00. The number of ether oxygens (including phenoxy) is 3. The molecule has 0 aliphatic carbocycles. The molecule has 4 unspecified atom stereocenters. The van der Waals surface area contributed by atoms with Crippen molar-refractivity contribution in [2.24, 2.45) is 0 Å². The maximum atomic E-state index is 6.91. The summed E-state index contributed by atoms with van der Waals surface area (Å²) in [5.41, 5.74) is 0. The molecule has 0 radical (unpaired) electrons. The van der Waals surface area contributed by atoms with Crippen LogP contribution in [0.25, 0.3) is 0 Å². The third kappa shape index (κ3) is 16.4. The van der Waals surface area contributed by atoms with Gasteiger partial charge in [0.1, 0.15) is 0 Å². The molecule has 4 atom stereocenters. The summed E-state index contributed by atoms with van der Waals surface area (Å²) in [5.74, 6) is 0. The van der Waals surface area contributed by atoms with Crippen LogP contribution in [0.4, 0.5) is 0 Å². The van der Waals surface area contributed by atoms with Crippen molar-refractivity contribution in [1.29, 1.82) is 0 Å². The van der Waals surface area contributed by atoms with Crippen molar-refractivity contribution in [3.05, 3.63) is 0 Å². The average molecular weight is 495 g/mol. The van der Waals surface area contributed by atoms with Crippen LogP contribution >= 0.6 is 0 Å². The minimum absolute atomic E-state index is 0.494. The zero-order valence-electron chi connectivity index (χ0n) is 23.9. The molecule has 3 heteroatoms. The predicted molar refractivity (Wildman–Crippen MR) is 150 cm³/mol. The average Bonchev–Trinajstić information content (AvgIpc) is 2.80. The lowest BCUT2D eigenvalue weighted by atomic mass is 9.99. The second-order valence-electron chi connectivity index (χ2n) is 11.6. The Morgan fingerprint density at radius 3 is 1.17 bits per heavy atom. The van der Waals surface area contributed by atoms with E-state index in [1.54, 1.807) is 0 Å². The molecule has 0 spiro atoms. The molecule has 2 saturated heterocycles. The van der Waals surface area contributed by atoms with Crippen LogP contribution in [0, 0.1) is 0 Å². The molecule has 2 rings (SSSR count). The molecule has 0 bridgehead atoms.